The molecule has 6 heteroatoms. The minimum absolute atomic E-state index is 0.0637. The summed E-state index contributed by atoms with van der Waals surface area (Å²) in [5, 5.41) is 20.7. The van der Waals surface area contributed by atoms with Crippen molar-refractivity contribution in [1.29, 1.82) is 5.26 Å². The van der Waals surface area contributed by atoms with Gasteiger partial charge in [0.25, 0.3) is 5.69 Å². The van der Waals surface area contributed by atoms with Crippen molar-refractivity contribution in [1.82, 2.24) is 9.97 Å². The van der Waals surface area contributed by atoms with Crippen molar-refractivity contribution < 1.29 is 4.92 Å². The number of fused-ring (bicyclic) bond motifs is 1. The average molecular weight is 332 g/mol. The van der Waals surface area contributed by atoms with Gasteiger partial charge in [-0.15, -0.1) is 0 Å². The van der Waals surface area contributed by atoms with Crippen LogP contribution in [0.5, 0.6) is 0 Å². The standard InChI is InChI=1S/C19H16N4O2/c1-3-14-6-5-13(10-18(14)23(24)25)9-15(11-20)19-21-16-7-4-12(2)8-17(16)22-19/h4-10H,3H2,1-2H3,(H,21,22)/b15-9+. The van der Waals surface area contributed by atoms with Crippen LogP contribution in [-0.4, -0.2) is 14.9 Å². The molecule has 1 N–H and O–H groups in total. The zero-order valence-corrected chi connectivity index (χ0v) is 13.9. The van der Waals surface area contributed by atoms with Gasteiger partial charge in [0.1, 0.15) is 11.9 Å². The predicted octanol–water partition coefficient (Wildman–Crippen LogP) is 4.41. The first-order valence-electron chi connectivity index (χ1n) is 7.87. The number of H-pyrrole nitrogens is 1. The molecular weight excluding hydrogens is 316 g/mol. The molecule has 0 bridgehead atoms. The number of nitrogens with one attached hydrogen (secondary N) is 1. The Morgan fingerprint density at radius 1 is 1.36 bits per heavy atom. The van der Waals surface area contributed by atoms with Crippen molar-refractivity contribution >= 4 is 28.4 Å². The maximum absolute atomic E-state index is 11.2. The van der Waals surface area contributed by atoms with Gasteiger partial charge in [0.2, 0.25) is 0 Å². The quantitative estimate of drug-likeness (QED) is 0.435. The number of nitriles is 1. The van der Waals surface area contributed by atoms with E-state index in [9.17, 15) is 15.4 Å². The zero-order valence-electron chi connectivity index (χ0n) is 13.9. The normalized spacial score (nSPS) is 11.5. The Bertz CT molecular complexity index is 1040. The molecule has 0 spiro atoms. The fourth-order valence-electron chi connectivity index (χ4n) is 2.71. The summed E-state index contributed by atoms with van der Waals surface area (Å²) in [5.74, 6) is 0.449. The summed E-state index contributed by atoms with van der Waals surface area (Å²) in [4.78, 5) is 18.4. The summed E-state index contributed by atoms with van der Waals surface area (Å²) in [6, 6.07) is 12.9. The van der Waals surface area contributed by atoms with Gasteiger partial charge in [-0.2, -0.15) is 5.26 Å². The smallest absolute Gasteiger partial charge is 0.273 e. The average Bonchev–Trinajstić information content (AvgIpc) is 3.02. The molecule has 1 heterocycles. The van der Waals surface area contributed by atoms with Crippen molar-refractivity contribution in [3.63, 3.8) is 0 Å². The van der Waals surface area contributed by atoms with E-state index in [4.69, 9.17) is 0 Å². The molecule has 0 saturated heterocycles. The van der Waals surface area contributed by atoms with E-state index in [1.165, 1.54) is 6.07 Å². The highest BCUT2D eigenvalue weighted by atomic mass is 16.6. The van der Waals surface area contributed by atoms with E-state index in [-0.39, 0.29) is 5.69 Å². The number of aryl methyl sites for hydroxylation is 2. The fourth-order valence-corrected chi connectivity index (χ4v) is 2.71. The van der Waals surface area contributed by atoms with Gasteiger partial charge >= 0.3 is 0 Å². The number of aromatic amines is 1. The lowest BCUT2D eigenvalue weighted by molar-refractivity contribution is -0.385. The lowest BCUT2D eigenvalue weighted by Crippen LogP contribution is -1.95. The molecule has 124 valence electrons. The Morgan fingerprint density at radius 2 is 2.16 bits per heavy atom. The molecule has 3 aromatic rings. The number of nitrogens with zero attached hydrogens (tertiary/aromatic N) is 3. The molecule has 2 aromatic carbocycles. The molecule has 0 radical (unpaired) electrons. The fraction of sp³-hybridized carbons (Fsp3) is 0.158. The number of hydrogen-bond donors (Lipinski definition) is 1. The van der Waals surface area contributed by atoms with Crippen LogP contribution in [0.15, 0.2) is 36.4 Å². The monoisotopic (exact) mass is 332 g/mol. The van der Waals surface area contributed by atoms with E-state index in [0.717, 1.165) is 16.6 Å². The molecule has 0 aliphatic carbocycles. The first-order valence-corrected chi connectivity index (χ1v) is 7.87. The van der Waals surface area contributed by atoms with Crippen LogP contribution in [0.2, 0.25) is 0 Å². The number of hydrogen-bond acceptors (Lipinski definition) is 4. The molecule has 0 atom stereocenters. The van der Waals surface area contributed by atoms with Crippen LogP contribution in [0.25, 0.3) is 22.7 Å². The first kappa shape index (κ1) is 16.4. The van der Waals surface area contributed by atoms with Crippen LogP contribution in [0.1, 0.15) is 29.4 Å². The lowest BCUT2D eigenvalue weighted by Gasteiger charge is -2.01. The molecule has 0 aliphatic heterocycles. The third kappa shape index (κ3) is 3.26. The summed E-state index contributed by atoms with van der Waals surface area (Å²) < 4.78 is 0. The van der Waals surface area contributed by atoms with Gasteiger partial charge in [-0.3, -0.25) is 10.1 Å². The van der Waals surface area contributed by atoms with E-state index in [0.29, 0.717) is 28.9 Å². The Kier molecular flexibility index (Phi) is 4.31. The number of imidazole rings is 1. The van der Waals surface area contributed by atoms with Crippen molar-refractivity contribution in [3.05, 3.63) is 69.0 Å². The second-order valence-electron chi connectivity index (χ2n) is 5.77. The largest absolute Gasteiger partial charge is 0.337 e. The maximum Gasteiger partial charge on any atom is 0.273 e. The van der Waals surface area contributed by atoms with Crippen LogP contribution >= 0.6 is 0 Å². The minimum Gasteiger partial charge on any atom is -0.337 e. The molecule has 0 unspecified atom stereocenters. The molecule has 1 aromatic heterocycles. The summed E-state index contributed by atoms with van der Waals surface area (Å²) in [7, 11) is 0. The van der Waals surface area contributed by atoms with Crippen LogP contribution in [0.4, 0.5) is 5.69 Å². The van der Waals surface area contributed by atoms with Crippen molar-refractivity contribution in [2.75, 3.05) is 0 Å². The number of allylic oxidation sites excluding steroid dienone is 1. The third-order valence-corrected chi connectivity index (χ3v) is 4.01. The molecule has 0 aliphatic rings. The van der Waals surface area contributed by atoms with Gasteiger partial charge in [-0.25, -0.2) is 4.98 Å². The number of nitro benzene ring substituents is 1. The van der Waals surface area contributed by atoms with Crippen molar-refractivity contribution in [2.45, 2.75) is 20.3 Å². The van der Waals surface area contributed by atoms with Crippen LogP contribution in [0.3, 0.4) is 0 Å². The predicted molar refractivity (Wildman–Crippen MR) is 96.8 cm³/mol. The maximum atomic E-state index is 11.2. The second-order valence-corrected chi connectivity index (χ2v) is 5.77. The number of benzene rings is 2. The van der Waals surface area contributed by atoms with Gasteiger partial charge in [0, 0.05) is 11.6 Å². The highest BCUT2D eigenvalue weighted by molar-refractivity contribution is 5.90. The van der Waals surface area contributed by atoms with Crippen molar-refractivity contribution in [2.24, 2.45) is 0 Å². The van der Waals surface area contributed by atoms with Crippen molar-refractivity contribution in [3.8, 4) is 6.07 Å². The van der Waals surface area contributed by atoms with E-state index < -0.39 is 4.92 Å². The summed E-state index contributed by atoms with van der Waals surface area (Å²) in [6.07, 6.45) is 2.19. The SMILES string of the molecule is CCc1ccc(/C=C(\C#N)c2nc3ccc(C)cc3[nH]2)cc1[N+](=O)[O-]. The number of nitro groups is 1. The van der Waals surface area contributed by atoms with Gasteiger partial charge in [-0.1, -0.05) is 25.1 Å². The molecule has 0 fully saturated rings. The van der Waals surface area contributed by atoms with Gasteiger partial charge in [-0.05, 0) is 42.7 Å². The van der Waals surface area contributed by atoms with E-state index in [1.54, 1.807) is 18.2 Å². The molecule has 25 heavy (non-hydrogen) atoms. The van der Waals surface area contributed by atoms with Gasteiger partial charge in [0.05, 0.1) is 21.5 Å². The van der Waals surface area contributed by atoms with Gasteiger partial charge in [0.15, 0.2) is 0 Å². The van der Waals surface area contributed by atoms with E-state index in [2.05, 4.69) is 16.0 Å². The van der Waals surface area contributed by atoms with Crippen LogP contribution in [0, 0.1) is 28.4 Å². The Balaban J connectivity index is 2.06. The summed E-state index contributed by atoms with van der Waals surface area (Å²) in [5.41, 5.74) is 4.37. The van der Waals surface area contributed by atoms with Gasteiger partial charge < -0.3 is 4.98 Å². The summed E-state index contributed by atoms with van der Waals surface area (Å²) in [6.45, 7) is 3.85. The molecule has 0 saturated carbocycles. The second kappa shape index (κ2) is 6.57. The summed E-state index contributed by atoms with van der Waals surface area (Å²) >= 11 is 0. The Labute approximate surface area is 144 Å². The topological polar surface area (TPSA) is 95.6 Å². The van der Waals surface area contributed by atoms with Crippen LogP contribution in [-0.2, 0) is 6.42 Å². The number of aromatic nitrogens is 2. The van der Waals surface area contributed by atoms with E-state index in [1.807, 2.05) is 32.0 Å². The Hall–Kier alpha value is -3.46. The van der Waals surface area contributed by atoms with Crippen LogP contribution < -0.4 is 0 Å². The third-order valence-electron chi connectivity index (χ3n) is 4.01. The lowest BCUT2D eigenvalue weighted by atomic mass is 10.0. The highest BCUT2D eigenvalue weighted by Gasteiger charge is 2.14. The molecule has 6 nitrogen and oxygen atoms in total. The highest BCUT2D eigenvalue weighted by Crippen LogP contribution is 2.24. The zero-order chi connectivity index (χ0) is 18.0. The van der Waals surface area contributed by atoms with E-state index >= 15 is 0 Å². The first-order chi connectivity index (χ1) is 12.0. The molecular formula is C19H16N4O2. The molecule has 0 amide bonds. The minimum atomic E-state index is -0.397. The Morgan fingerprint density at radius 3 is 2.84 bits per heavy atom. The number of rotatable bonds is 4. The molecule has 3 rings (SSSR count).